The highest BCUT2D eigenvalue weighted by molar-refractivity contribution is 5.85. The van der Waals surface area contributed by atoms with Crippen LogP contribution in [0.2, 0.25) is 0 Å². The topological polar surface area (TPSA) is 47.5 Å². The lowest BCUT2D eigenvalue weighted by Crippen LogP contribution is -3.10. The van der Waals surface area contributed by atoms with E-state index in [1.54, 1.807) is 11.1 Å². The normalized spacial score (nSPS) is 21.1. The summed E-state index contributed by atoms with van der Waals surface area (Å²) in [5.74, 6) is 1.69. The molecule has 1 aliphatic heterocycles. The second kappa shape index (κ2) is 7.02. The predicted octanol–water partition coefficient (Wildman–Crippen LogP) is -1.43. The number of carbonyl (C=O) groups excluding carboxylic acids is 1. The average molecular weight is 335 g/mol. The molecule has 0 spiro atoms. The largest absolute Gasteiger partial charge is 1.00 e. The number of Topliss-reactive ketones (excluding diaryl/α,β-unsaturated/α-hetero) is 1. The Hall–Kier alpha value is -1.39. The van der Waals surface area contributed by atoms with Crippen molar-refractivity contribution in [1.29, 1.82) is 0 Å². The van der Waals surface area contributed by atoms with Crippen LogP contribution < -0.4 is 17.3 Å². The number of hydrogen-bond donors (Lipinski definition) is 1. The van der Waals surface area contributed by atoms with Crippen LogP contribution in [0.15, 0.2) is 22.9 Å². The number of fused-ring (bicyclic) bond motifs is 3. The summed E-state index contributed by atoms with van der Waals surface area (Å²) >= 11 is 0. The van der Waals surface area contributed by atoms with Gasteiger partial charge in [0, 0.05) is 48.5 Å². The molecule has 5 heteroatoms. The van der Waals surface area contributed by atoms with Crippen LogP contribution in [0.3, 0.4) is 0 Å². The summed E-state index contributed by atoms with van der Waals surface area (Å²) in [5, 5.41) is 1.10. The SMILES string of the molecule is O=C(CC[NH+]1CCCC1)C1CCc2oc3ccncc3c2C1.[Cl-]. The van der Waals surface area contributed by atoms with Crippen molar-refractivity contribution < 1.29 is 26.5 Å². The summed E-state index contributed by atoms with van der Waals surface area (Å²) in [5.41, 5.74) is 2.14. The molecule has 2 aromatic heterocycles. The Morgan fingerprint density at radius 1 is 1.35 bits per heavy atom. The Balaban J connectivity index is 0.00000156. The maximum absolute atomic E-state index is 12.6. The summed E-state index contributed by atoms with van der Waals surface area (Å²) in [7, 11) is 0. The van der Waals surface area contributed by atoms with Gasteiger partial charge in [-0.2, -0.15) is 0 Å². The molecule has 124 valence electrons. The summed E-state index contributed by atoms with van der Waals surface area (Å²) in [6.07, 6.45) is 9.68. The molecule has 0 radical (unpaired) electrons. The third-order valence-electron chi connectivity index (χ3n) is 5.34. The second-order valence-electron chi connectivity index (χ2n) is 6.74. The van der Waals surface area contributed by atoms with Gasteiger partial charge in [-0.15, -0.1) is 0 Å². The van der Waals surface area contributed by atoms with Gasteiger partial charge >= 0.3 is 0 Å². The first-order valence-corrected chi connectivity index (χ1v) is 8.52. The van der Waals surface area contributed by atoms with E-state index < -0.39 is 0 Å². The number of nitrogens with zero attached hydrogens (tertiary/aromatic N) is 1. The quantitative estimate of drug-likeness (QED) is 0.746. The molecule has 0 saturated carbocycles. The van der Waals surface area contributed by atoms with Gasteiger partial charge in [0.2, 0.25) is 0 Å². The molecule has 0 bridgehead atoms. The van der Waals surface area contributed by atoms with E-state index in [0.29, 0.717) is 5.78 Å². The summed E-state index contributed by atoms with van der Waals surface area (Å²) in [6, 6.07) is 1.92. The standard InChI is InChI=1S/C18H22N2O2.ClH/c21-16(6-10-20-8-1-2-9-20)13-3-4-17-14(11-13)15-12-19-7-5-18(15)22-17;/h5,7,12-13H,1-4,6,8-11H2;1H. The van der Waals surface area contributed by atoms with Gasteiger partial charge in [-0.3, -0.25) is 9.78 Å². The number of furan rings is 1. The van der Waals surface area contributed by atoms with Gasteiger partial charge in [0.25, 0.3) is 0 Å². The molecular formula is C18H23ClN2O2. The monoisotopic (exact) mass is 334 g/mol. The van der Waals surface area contributed by atoms with Crippen molar-refractivity contribution in [2.45, 2.75) is 38.5 Å². The third-order valence-corrected chi connectivity index (χ3v) is 5.34. The Bertz CT molecular complexity index is 691. The number of ketones is 1. The van der Waals surface area contributed by atoms with E-state index in [0.717, 1.165) is 49.0 Å². The first-order valence-electron chi connectivity index (χ1n) is 8.52. The van der Waals surface area contributed by atoms with Gasteiger partial charge in [0.15, 0.2) is 0 Å². The number of aromatic nitrogens is 1. The third kappa shape index (κ3) is 3.29. The number of hydrogen-bond acceptors (Lipinski definition) is 3. The van der Waals surface area contributed by atoms with E-state index in [-0.39, 0.29) is 18.3 Å². The predicted molar refractivity (Wildman–Crippen MR) is 83.9 cm³/mol. The van der Waals surface area contributed by atoms with Crippen molar-refractivity contribution in [3.8, 4) is 0 Å². The van der Waals surface area contributed by atoms with Crippen molar-refractivity contribution in [2.75, 3.05) is 19.6 Å². The summed E-state index contributed by atoms with van der Waals surface area (Å²) < 4.78 is 5.90. The van der Waals surface area contributed by atoms with Crippen LogP contribution in [0.1, 0.15) is 37.0 Å². The molecule has 1 unspecified atom stereocenters. The Morgan fingerprint density at radius 2 is 2.17 bits per heavy atom. The van der Waals surface area contributed by atoms with Gasteiger partial charge in [-0.1, -0.05) is 0 Å². The smallest absolute Gasteiger partial charge is 0.141 e. The van der Waals surface area contributed by atoms with Gasteiger partial charge < -0.3 is 21.7 Å². The second-order valence-corrected chi connectivity index (χ2v) is 6.74. The molecular weight excluding hydrogens is 312 g/mol. The number of likely N-dealkylation sites (tertiary alicyclic amines) is 1. The van der Waals surface area contributed by atoms with Crippen molar-refractivity contribution in [3.63, 3.8) is 0 Å². The highest BCUT2D eigenvalue weighted by atomic mass is 35.5. The van der Waals surface area contributed by atoms with E-state index in [4.69, 9.17) is 4.42 Å². The van der Waals surface area contributed by atoms with Crippen LogP contribution in [0.25, 0.3) is 11.0 Å². The molecule has 4 nitrogen and oxygen atoms in total. The van der Waals surface area contributed by atoms with Gasteiger partial charge in [-0.05, 0) is 18.9 Å². The molecule has 1 saturated heterocycles. The van der Waals surface area contributed by atoms with E-state index >= 15 is 0 Å². The molecule has 2 aliphatic rings. The molecule has 3 heterocycles. The van der Waals surface area contributed by atoms with Crippen molar-refractivity contribution in [2.24, 2.45) is 5.92 Å². The van der Waals surface area contributed by atoms with E-state index in [9.17, 15) is 4.79 Å². The number of halogens is 1. The molecule has 1 N–H and O–H groups in total. The average Bonchev–Trinajstić information content (AvgIpc) is 3.19. The first kappa shape index (κ1) is 16.5. The summed E-state index contributed by atoms with van der Waals surface area (Å²) in [4.78, 5) is 18.4. The van der Waals surface area contributed by atoms with Crippen molar-refractivity contribution in [1.82, 2.24) is 4.98 Å². The molecule has 2 aromatic rings. The van der Waals surface area contributed by atoms with Crippen LogP contribution in [0.5, 0.6) is 0 Å². The molecule has 1 atom stereocenters. The Labute approximate surface area is 142 Å². The molecule has 1 fully saturated rings. The molecule has 1 aliphatic carbocycles. The fourth-order valence-electron chi connectivity index (χ4n) is 4.03. The number of carbonyl (C=O) groups is 1. The van der Waals surface area contributed by atoms with E-state index in [2.05, 4.69) is 4.98 Å². The molecule has 4 rings (SSSR count). The van der Waals surface area contributed by atoms with Gasteiger partial charge in [-0.25, -0.2) is 0 Å². The highest BCUT2D eigenvalue weighted by Gasteiger charge is 2.29. The number of pyridine rings is 1. The minimum atomic E-state index is 0. The fraction of sp³-hybridized carbons (Fsp3) is 0.556. The highest BCUT2D eigenvalue weighted by Crippen LogP contribution is 2.34. The maximum Gasteiger partial charge on any atom is 0.141 e. The minimum absolute atomic E-state index is 0. The fourth-order valence-corrected chi connectivity index (χ4v) is 4.03. The number of aryl methyl sites for hydroxylation is 1. The van der Waals surface area contributed by atoms with Crippen molar-refractivity contribution >= 4 is 16.8 Å². The first-order chi connectivity index (χ1) is 10.8. The zero-order valence-corrected chi connectivity index (χ0v) is 14.1. The summed E-state index contributed by atoms with van der Waals surface area (Å²) in [6.45, 7) is 3.52. The lowest BCUT2D eigenvalue weighted by atomic mass is 9.83. The van der Waals surface area contributed by atoms with Crippen molar-refractivity contribution in [3.05, 3.63) is 29.8 Å². The molecule has 0 aromatic carbocycles. The van der Waals surface area contributed by atoms with Crippen LogP contribution in [0.4, 0.5) is 0 Å². The minimum Gasteiger partial charge on any atom is -1.00 e. The van der Waals surface area contributed by atoms with Crippen LogP contribution in [0, 0.1) is 5.92 Å². The maximum atomic E-state index is 12.6. The zero-order chi connectivity index (χ0) is 14.9. The number of quaternary nitrogens is 1. The Kier molecular flexibility index (Phi) is 5.02. The van der Waals surface area contributed by atoms with E-state index in [1.807, 2.05) is 12.3 Å². The van der Waals surface area contributed by atoms with Crippen LogP contribution in [-0.2, 0) is 17.6 Å². The lowest BCUT2D eigenvalue weighted by molar-refractivity contribution is -0.886. The zero-order valence-electron chi connectivity index (χ0n) is 13.3. The van der Waals surface area contributed by atoms with Crippen LogP contribution >= 0.6 is 0 Å². The molecule has 0 amide bonds. The number of rotatable bonds is 4. The Morgan fingerprint density at radius 3 is 3.00 bits per heavy atom. The van der Waals surface area contributed by atoms with Gasteiger partial charge in [0.1, 0.15) is 17.1 Å². The van der Waals surface area contributed by atoms with E-state index in [1.165, 1.54) is 31.5 Å². The number of nitrogens with one attached hydrogen (secondary N) is 1. The lowest BCUT2D eigenvalue weighted by Gasteiger charge is -2.21. The van der Waals surface area contributed by atoms with Crippen LogP contribution in [-0.4, -0.2) is 30.4 Å². The van der Waals surface area contributed by atoms with Gasteiger partial charge in [0.05, 0.1) is 26.1 Å². The molecule has 23 heavy (non-hydrogen) atoms.